The molecule has 3 rings (SSSR count). The minimum absolute atomic E-state index is 0.203. The highest BCUT2D eigenvalue weighted by molar-refractivity contribution is 5.78. The largest absolute Gasteiger partial charge is 0.244 e. The van der Waals surface area contributed by atoms with Crippen LogP contribution in [0, 0.1) is 5.82 Å². The lowest BCUT2D eigenvalue weighted by Crippen LogP contribution is -1.89. The Kier molecular flexibility index (Phi) is 2.73. The van der Waals surface area contributed by atoms with E-state index >= 15 is 0 Å². The molecule has 88 valence electrons. The van der Waals surface area contributed by atoms with Crippen molar-refractivity contribution in [2.75, 3.05) is 0 Å². The zero-order valence-corrected chi connectivity index (χ0v) is 9.68. The molecule has 0 N–H and O–H groups in total. The van der Waals surface area contributed by atoms with Gasteiger partial charge < -0.3 is 0 Å². The van der Waals surface area contributed by atoms with Crippen LogP contribution < -0.4 is 0 Å². The van der Waals surface area contributed by atoms with Gasteiger partial charge in [0, 0.05) is 11.6 Å². The highest BCUT2D eigenvalue weighted by Crippen LogP contribution is 2.16. The van der Waals surface area contributed by atoms with Crippen LogP contribution in [0.25, 0.3) is 10.9 Å². The third kappa shape index (κ3) is 2.20. The Morgan fingerprint density at radius 1 is 0.944 bits per heavy atom. The molecule has 2 aromatic carbocycles. The topological polar surface area (TPSA) is 25.8 Å². The molecule has 0 aliphatic heterocycles. The standard InChI is InChI=1S/C15H11FN2/c16-14-4-1-11(2-5-14)7-12-3-6-15-13(8-12)9-17-10-18-15/h1-6,8-10H,7H2. The van der Waals surface area contributed by atoms with Crippen molar-refractivity contribution in [2.24, 2.45) is 0 Å². The molecule has 0 fully saturated rings. The highest BCUT2D eigenvalue weighted by atomic mass is 19.1. The smallest absolute Gasteiger partial charge is 0.123 e. The van der Waals surface area contributed by atoms with E-state index in [0.29, 0.717) is 0 Å². The maximum atomic E-state index is 12.8. The van der Waals surface area contributed by atoms with E-state index in [1.807, 2.05) is 12.1 Å². The minimum atomic E-state index is -0.203. The molecule has 0 saturated carbocycles. The maximum Gasteiger partial charge on any atom is 0.123 e. The lowest BCUT2D eigenvalue weighted by Gasteiger charge is -2.03. The van der Waals surface area contributed by atoms with Gasteiger partial charge in [-0.05, 0) is 41.8 Å². The molecule has 0 saturated heterocycles. The molecule has 1 heterocycles. The van der Waals surface area contributed by atoms with Crippen LogP contribution in [0.5, 0.6) is 0 Å². The summed E-state index contributed by atoms with van der Waals surface area (Å²) in [4.78, 5) is 8.19. The SMILES string of the molecule is Fc1ccc(Cc2ccc3ncncc3c2)cc1. The molecule has 0 unspecified atom stereocenters. The second-order valence-corrected chi connectivity index (χ2v) is 4.22. The molecule has 0 aliphatic carbocycles. The van der Waals surface area contributed by atoms with Crippen molar-refractivity contribution in [3.05, 3.63) is 71.9 Å². The quantitative estimate of drug-likeness (QED) is 0.684. The fourth-order valence-electron chi connectivity index (χ4n) is 1.98. The van der Waals surface area contributed by atoms with Crippen LogP contribution in [0.15, 0.2) is 55.0 Å². The number of hydrogen-bond acceptors (Lipinski definition) is 2. The molecule has 0 radical (unpaired) electrons. The van der Waals surface area contributed by atoms with Crippen molar-refractivity contribution < 1.29 is 4.39 Å². The van der Waals surface area contributed by atoms with Crippen molar-refractivity contribution in [1.29, 1.82) is 0 Å². The number of aromatic nitrogens is 2. The van der Waals surface area contributed by atoms with E-state index < -0.39 is 0 Å². The first-order chi connectivity index (χ1) is 8.81. The van der Waals surface area contributed by atoms with Gasteiger partial charge in [0.2, 0.25) is 0 Å². The number of benzene rings is 2. The molecule has 0 spiro atoms. The van der Waals surface area contributed by atoms with Gasteiger partial charge in [0.25, 0.3) is 0 Å². The Morgan fingerprint density at radius 3 is 2.56 bits per heavy atom. The molecule has 18 heavy (non-hydrogen) atoms. The van der Waals surface area contributed by atoms with Crippen molar-refractivity contribution in [2.45, 2.75) is 6.42 Å². The molecule has 3 heteroatoms. The van der Waals surface area contributed by atoms with Gasteiger partial charge in [-0.25, -0.2) is 14.4 Å². The molecule has 2 nitrogen and oxygen atoms in total. The average Bonchev–Trinajstić information content (AvgIpc) is 2.41. The summed E-state index contributed by atoms with van der Waals surface area (Å²) in [5.74, 6) is -0.203. The van der Waals surface area contributed by atoms with Crippen LogP contribution in [0.3, 0.4) is 0 Å². The number of halogens is 1. The first kappa shape index (κ1) is 10.8. The lowest BCUT2D eigenvalue weighted by atomic mass is 10.0. The molecule has 0 bridgehead atoms. The summed E-state index contributed by atoms with van der Waals surface area (Å²) >= 11 is 0. The summed E-state index contributed by atoms with van der Waals surface area (Å²) < 4.78 is 12.8. The van der Waals surface area contributed by atoms with E-state index in [1.165, 1.54) is 17.7 Å². The Labute approximate surface area is 104 Å². The molecule has 0 aliphatic rings. The van der Waals surface area contributed by atoms with Gasteiger partial charge in [-0.15, -0.1) is 0 Å². The Hall–Kier alpha value is -2.29. The first-order valence-corrected chi connectivity index (χ1v) is 5.74. The molecular formula is C15H11FN2. The Morgan fingerprint density at radius 2 is 1.72 bits per heavy atom. The molecule has 0 atom stereocenters. The van der Waals surface area contributed by atoms with Crippen LogP contribution in [-0.2, 0) is 6.42 Å². The van der Waals surface area contributed by atoms with Crippen LogP contribution in [-0.4, -0.2) is 9.97 Å². The second-order valence-electron chi connectivity index (χ2n) is 4.22. The van der Waals surface area contributed by atoms with E-state index in [-0.39, 0.29) is 5.82 Å². The van der Waals surface area contributed by atoms with Gasteiger partial charge in [0.05, 0.1) is 5.52 Å². The van der Waals surface area contributed by atoms with Crippen LogP contribution in [0.2, 0.25) is 0 Å². The average molecular weight is 238 g/mol. The van der Waals surface area contributed by atoms with Crippen molar-refractivity contribution in [3.63, 3.8) is 0 Å². The monoisotopic (exact) mass is 238 g/mol. The number of fused-ring (bicyclic) bond motifs is 1. The van der Waals surface area contributed by atoms with Crippen LogP contribution in [0.4, 0.5) is 4.39 Å². The van der Waals surface area contributed by atoms with E-state index in [2.05, 4.69) is 16.0 Å². The van der Waals surface area contributed by atoms with Gasteiger partial charge in [-0.1, -0.05) is 18.2 Å². The molecular weight excluding hydrogens is 227 g/mol. The van der Waals surface area contributed by atoms with E-state index in [9.17, 15) is 4.39 Å². The molecule has 3 aromatic rings. The maximum absolute atomic E-state index is 12.8. The van der Waals surface area contributed by atoms with E-state index in [4.69, 9.17) is 0 Å². The zero-order chi connectivity index (χ0) is 12.4. The summed E-state index contributed by atoms with van der Waals surface area (Å²) in [6.45, 7) is 0. The van der Waals surface area contributed by atoms with Gasteiger partial charge in [0.15, 0.2) is 0 Å². The normalized spacial score (nSPS) is 10.7. The predicted octanol–water partition coefficient (Wildman–Crippen LogP) is 3.36. The van der Waals surface area contributed by atoms with Crippen molar-refractivity contribution in [3.8, 4) is 0 Å². The summed E-state index contributed by atoms with van der Waals surface area (Å²) in [6.07, 6.45) is 4.13. The van der Waals surface area contributed by atoms with Gasteiger partial charge in [0.1, 0.15) is 12.1 Å². The third-order valence-electron chi connectivity index (χ3n) is 2.89. The van der Waals surface area contributed by atoms with E-state index in [0.717, 1.165) is 22.9 Å². The minimum Gasteiger partial charge on any atom is -0.244 e. The van der Waals surface area contributed by atoms with Gasteiger partial charge >= 0.3 is 0 Å². The fourth-order valence-corrected chi connectivity index (χ4v) is 1.98. The Balaban J connectivity index is 1.92. The highest BCUT2D eigenvalue weighted by Gasteiger charge is 2.00. The summed E-state index contributed by atoms with van der Waals surface area (Å²) in [6, 6.07) is 12.7. The fraction of sp³-hybridized carbons (Fsp3) is 0.0667. The van der Waals surface area contributed by atoms with Crippen LogP contribution >= 0.6 is 0 Å². The zero-order valence-electron chi connectivity index (χ0n) is 9.68. The molecule has 0 amide bonds. The first-order valence-electron chi connectivity index (χ1n) is 5.74. The third-order valence-corrected chi connectivity index (χ3v) is 2.89. The number of hydrogen-bond donors (Lipinski definition) is 0. The summed E-state index contributed by atoms with van der Waals surface area (Å²) in [5, 5.41) is 1.03. The van der Waals surface area contributed by atoms with Gasteiger partial charge in [-0.3, -0.25) is 0 Å². The van der Waals surface area contributed by atoms with Crippen molar-refractivity contribution in [1.82, 2.24) is 9.97 Å². The predicted molar refractivity (Wildman–Crippen MR) is 68.7 cm³/mol. The summed E-state index contributed by atoms with van der Waals surface area (Å²) in [5.41, 5.74) is 3.20. The Bertz CT molecular complexity index is 677. The number of rotatable bonds is 2. The molecule has 1 aromatic heterocycles. The lowest BCUT2D eigenvalue weighted by molar-refractivity contribution is 0.627. The van der Waals surface area contributed by atoms with Crippen LogP contribution in [0.1, 0.15) is 11.1 Å². The number of nitrogens with zero attached hydrogens (tertiary/aromatic N) is 2. The van der Waals surface area contributed by atoms with Crippen molar-refractivity contribution >= 4 is 10.9 Å². The van der Waals surface area contributed by atoms with E-state index in [1.54, 1.807) is 24.7 Å². The second kappa shape index (κ2) is 4.53. The van der Waals surface area contributed by atoms with Gasteiger partial charge in [-0.2, -0.15) is 0 Å². The summed E-state index contributed by atoms with van der Waals surface area (Å²) in [7, 11) is 0.